The summed E-state index contributed by atoms with van der Waals surface area (Å²) in [4.78, 5) is 2.56. The molecule has 1 unspecified atom stereocenters. The Bertz CT molecular complexity index is 354. The smallest absolute Gasteiger partial charge is 0.0321 e. The van der Waals surface area contributed by atoms with Crippen molar-refractivity contribution in [3.8, 4) is 0 Å². The fourth-order valence-corrected chi connectivity index (χ4v) is 2.30. The van der Waals surface area contributed by atoms with Gasteiger partial charge in [-0.3, -0.25) is 4.90 Å². The summed E-state index contributed by atoms with van der Waals surface area (Å²) in [6.45, 7) is 11.2. The van der Waals surface area contributed by atoms with Crippen LogP contribution < -0.4 is 5.32 Å². The van der Waals surface area contributed by atoms with Crippen molar-refractivity contribution in [2.75, 3.05) is 26.2 Å². The Morgan fingerprint density at radius 2 is 1.81 bits per heavy atom. The molecule has 2 nitrogen and oxygen atoms in total. The van der Waals surface area contributed by atoms with E-state index in [0.717, 1.165) is 26.2 Å². The van der Waals surface area contributed by atoms with Gasteiger partial charge < -0.3 is 5.32 Å². The molecule has 1 heterocycles. The molecular formula is C14H22N2. The van der Waals surface area contributed by atoms with Crippen molar-refractivity contribution in [1.82, 2.24) is 10.2 Å². The lowest BCUT2D eigenvalue weighted by atomic mass is 10.0. The Labute approximate surface area is 98.7 Å². The van der Waals surface area contributed by atoms with E-state index in [9.17, 15) is 0 Å². The molecule has 0 amide bonds. The minimum absolute atomic E-state index is 0.543. The van der Waals surface area contributed by atoms with E-state index in [-0.39, 0.29) is 0 Å². The van der Waals surface area contributed by atoms with E-state index < -0.39 is 0 Å². The molecule has 2 heteroatoms. The fraction of sp³-hybridized carbons (Fsp3) is 0.571. The highest BCUT2D eigenvalue weighted by molar-refractivity contribution is 5.31. The lowest BCUT2D eigenvalue weighted by Gasteiger charge is -2.33. The highest BCUT2D eigenvalue weighted by atomic mass is 15.2. The molecule has 1 fully saturated rings. The zero-order valence-electron chi connectivity index (χ0n) is 10.6. The Hall–Kier alpha value is -0.860. The van der Waals surface area contributed by atoms with Crippen LogP contribution in [0, 0.1) is 13.8 Å². The molecule has 1 atom stereocenters. The molecule has 16 heavy (non-hydrogen) atoms. The molecule has 0 aliphatic carbocycles. The van der Waals surface area contributed by atoms with Gasteiger partial charge in [-0.25, -0.2) is 0 Å². The van der Waals surface area contributed by atoms with Gasteiger partial charge in [0.1, 0.15) is 0 Å². The van der Waals surface area contributed by atoms with Gasteiger partial charge in [0.25, 0.3) is 0 Å². The Morgan fingerprint density at radius 3 is 2.44 bits per heavy atom. The van der Waals surface area contributed by atoms with Crippen molar-refractivity contribution in [3.63, 3.8) is 0 Å². The minimum atomic E-state index is 0.543. The number of rotatable bonds is 2. The molecule has 1 aliphatic rings. The van der Waals surface area contributed by atoms with Crippen molar-refractivity contribution in [3.05, 3.63) is 34.9 Å². The maximum Gasteiger partial charge on any atom is 0.0321 e. The third-order valence-electron chi connectivity index (χ3n) is 3.71. The predicted molar refractivity (Wildman–Crippen MR) is 68.8 cm³/mol. The van der Waals surface area contributed by atoms with Crippen LogP contribution in [-0.4, -0.2) is 31.1 Å². The second kappa shape index (κ2) is 4.98. The van der Waals surface area contributed by atoms with Gasteiger partial charge in [-0.05, 0) is 37.5 Å². The second-order valence-electron chi connectivity index (χ2n) is 4.81. The molecule has 0 saturated carbocycles. The summed E-state index contributed by atoms with van der Waals surface area (Å²) < 4.78 is 0. The lowest BCUT2D eigenvalue weighted by Crippen LogP contribution is -2.44. The first-order valence-corrected chi connectivity index (χ1v) is 6.20. The van der Waals surface area contributed by atoms with E-state index in [1.165, 1.54) is 16.7 Å². The van der Waals surface area contributed by atoms with Gasteiger partial charge >= 0.3 is 0 Å². The van der Waals surface area contributed by atoms with Crippen molar-refractivity contribution < 1.29 is 0 Å². The third-order valence-corrected chi connectivity index (χ3v) is 3.71. The van der Waals surface area contributed by atoms with Gasteiger partial charge in [0, 0.05) is 32.2 Å². The quantitative estimate of drug-likeness (QED) is 0.819. The zero-order chi connectivity index (χ0) is 11.5. The number of benzene rings is 1. The molecule has 1 aliphatic heterocycles. The van der Waals surface area contributed by atoms with E-state index in [1.807, 2.05) is 0 Å². The van der Waals surface area contributed by atoms with Crippen LogP contribution in [0.4, 0.5) is 0 Å². The SMILES string of the molecule is Cc1ccc(C(C)N2CCNCC2)cc1C. The van der Waals surface area contributed by atoms with E-state index in [1.54, 1.807) is 0 Å². The number of aryl methyl sites for hydroxylation is 2. The van der Waals surface area contributed by atoms with E-state index in [0.29, 0.717) is 6.04 Å². The summed E-state index contributed by atoms with van der Waals surface area (Å²) in [5.74, 6) is 0. The number of nitrogens with one attached hydrogen (secondary N) is 1. The molecule has 0 aromatic heterocycles. The maximum absolute atomic E-state index is 3.40. The number of nitrogens with zero attached hydrogens (tertiary/aromatic N) is 1. The molecule has 88 valence electrons. The normalized spacial score (nSPS) is 19.7. The van der Waals surface area contributed by atoms with Crippen molar-refractivity contribution in [2.24, 2.45) is 0 Å². The molecule has 1 aromatic carbocycles. The van der Waals surface area contributed by atoms with Gasteiger partial charge in [0.05, 0.1) is 0 Å². The maximum atomic E-state index is 3.40. The Balaban J connectivity index is 2.12. The first kappa shape index (κ1) is 11.6. The molecular weight excluding hydrogens is 196 g/mol. The zero-order valence-corrected chi connectivity index (χ0v) is 10.6. The van der Waals surface area contributed by atoms with Crippen molar-refractivity contribution >= 4 is 0 Å². The van der Waals surface area contributed by atoms with Crippen LogP contribution in [0.1, 0.15) is 29.7 Å². The average Bonchev–Trinajstić information content (AvgIpc) is 2.33. The first-order valence-electron chi connectivity index (χ1n) is 6.20. The van der Waals surface area contributed by atoms with Gasteiger partial charge in [0.2, 0.25) is 0 Å². The summed E-state index contributed by atoms with van der Waals surface area (Å²) in [5.41, 5.74) is 4.24. The molecule has 1 saturated heterocycles. The fourth-order valence-electron chi connectivity index (χ4n) is 2.30. The summed E-state index contributed by atoms with van der Waals surface area (Å²) in [5, 5.41) is 3.40. The second-order valence-corrected chi connectivity index (χ2v) is 4.81. The van der Waals surface area contributed by atoms with Crippen molar-refractivity contribution in [1.29, 1.82) is 0 Å². The van der Waals surface area contributed by atoms with E-state index in [4.69, 9.17) is 0 Å². The molecule has 0 bridgehead atoms. The standard InChI is InChI=1S/C14H22N2/c1-11-4-5-14(10-12(11)2)13(3)16-8-6-15-7-9-16/h4-5,10,13,15H,6-9H2,1-3H3. The van der Waals surface area contributed by atoms with Gasteiger partial charge in [-0.2, -0.15) is 0 Å². The summed E-state index contributed by atoms with van der Waals surface area (Å²) >= 11 is 0. The van der Waals surface area contributed by atoms with E-state index in [2.05, 4.69) is 49.2 Å². The Morgan fingerprint density at radius 1 is 1.12 bits per heavy atom. The summed E-state index contributed by atoms with van der Waals surface area (Å²) in [7, 11) is 0. The van der Waals surface area contributed by atoms with Gasteiger partial charge in [-0.15, -0.1) is 0 Å². The van der Waals surface area contributed by atoms with E-state index >= 15 is 0 Å². The molecule has 1 aromatic rings. The Kier molecular flexibility index (Phi) is 3.62. The van der Waals surface area contributed by atoms with Crippen LogP contribution in [0.15, 0.2) is 18.2 Å². The molecule has 2 rings (SSSR count). The average molecular weight is 218 g/mol. The largest absolute Gasteiger partial charge is 0.314 e. The monoisotopic (exact) mass is 218 g/mol. The van der Waals surface area contributed by atoms with Crippen LogP contribution in [0.3, 0.4) is 0 Å². The lowest BCUT2D eigenvalue weighted by molar-refractivity contribution is 0.185. The van der Waals surface area contributed by atoms with Crippen molar-refractivity contribution in [2.45, 2.75) is 26.8 Å². The molecule has 0 spiro atoms. The molecule has 0 radical (unpaired) electrons. The molecule has 1 N–H and O–H groups in total. The van der Waals surface area contributed by atoms with Crippen LogP contribution in [0.25, 0.3) is 0 Å². The van der Waals surface area contributed by atoms with Crippen LogP contribution in [0.2, 0.25) is 0 Å². The predicted octanol–water partition coefficient (Wildman–Crippen LogP) is 2.27. The van der Waals surface area contributed by atoms with Crippen LogP contribution >= 0.6 is 0 Å². The summed E-state index contributed by atoms with van der Waals surface area (Å²) in [6.07, 6.45) is 0. The third kappa shape index (κ3) is 2.45. The highest BCUT2D eigenvalue weighted by Gasteiger charge is 2.17. The van der Waals surface area contributed by atoms with Crippen LogP contribution in [-0.2, 0) is 0 Å². The first-order chi connectivity index (χ1) is 7.68. The topological polar surface area (TPSA) is 15.3 Å². The highest BCUT2D eigenvalue weighted by Crippen LogP contribution is 2.22. The minimum Gasteiger partial charge on any atom is -0.314 e. The number of hydrogen-bond acceptors (Lipinski definition) is 2. The number of piperazine rings is 1. The summed E-state index contributed by atoms with van der Waals surface area (Å²) in [6, 6.07) is 7.39. The van der Waals surface area contributed by atoms with Gasteiger partial charge in [0.15, 0.2) is 0 Å². The number of hydrogen-bond donors (Lipinski definition) is 1. The van der Waals surface area contributed by atoms with Crippen LogP contribution in [0.5, 0.6) is 0 Å². The van der Waals surface area contributed by atoms with Gasteiger partial charge in [-0.1, -0.05) is 18.2 Å².